The maximum Gasteiger partial charge on any atom is 0.119 e. The Balaban J connectivity index is 1.82. The Bertz CT molecular complexity index is 656. The average molecular weight is 314 g/mol. The summed E-state index contributed by atoms with van der Waals surface area (Å²) in [6.45, 7) is 0.877. The first kappa shape index (κ1) is 14.0. The molecule has 1 fully saturated rings. The van der Waals surface area contributed by atoms with E-state index < -0.39 is 0 Å². The van der Waals surface area contributed by atoms with Crippen molar-refractivity contribution in [2.75, 3.05) is 20.8 Å². The smallest absolute Gasteiger partial charge is 0.119 e. The van der Waals surface area contributed by atoms with Crippen LogP contribution >= 0.6 is 11.8 Å². The second-order valence-corrected chi connectivity index (χ2v) is 6.74. The van der Waals surface area contributed by atoms with Gasteiger partial charge in [0.1, 0.15) is 11.5 Å². The van der Waals surface area contributed by atoms with Gasteiger partial charge in [0.15, 0.2) is 0 Å². The normalized spacial score (nSPS) is 19.3. The minimum atomic E-state index is 0.337. The van der Waals surface area contributed by atoms with Crippen LogP contribution in [0.1, 0.15) is 23.5 Å². The molecule has 4 heteroatoms. The third kappa shape index (κ3) is 2.46. The van der Waals surface area contributed by atoms with Crippen LogP contribution in [-0.2, 0) is 4.74 Å². The van der Waals surface area contributed by atoms with E-state index in [9.17, 15) is 0 Å². The molecular weight excluding hydrogens is 296 g/mol. The molecular formula is C18H18O3S. The van der Waals surface area contributed by atoms with Crippen LogP contribution in [-0.4, -0.2) is 26.9 Å². The molecule has 22 heavy (non-hydrogen) atoms. The Morgan fingerprint density at radius 1 is 1.00 bits per heavy atom. The van der Waals surface area contributed by atoms with Gasteiger partial charge in [0.05, 0.1) is 26.9 Å². The molecule has 114 valence electrons. The third-order valence-electron chi connectivity index (χ3n) is 4.31. The summed E-state index contributed by atoms with van der Waals surface area (Å²) < 4.78 is 16.3. The Labute approximate surface area is 134 Å². The second kappa shape index (κ2) is 5.52. The van der Waals surface area contributed by atoms with Crippen molar-refractivity contribution in [1.29, 1.82) is 0 Å². The molecule has 3 nitrogen and oxygen atoms in total. The summed E-state index contributed by atoms with van der Waals surface area (Å²) in [6.07, 6.45) is 1.40. The van der Waals surface area contributed by atoms with Gasteiger partial charge in [-0.1, -0.05) is 11.8 Å². The Morgan fingerprint density at radius 3 is 2.00 bits per heavy atom. The fraction of sp³-hybridized carbons (Fsp3) is 0.333. The number of rotatable bonds is 4. The fourth-order valence-corrected chi connectivity index (χ4v) is 4.19. The highest BCUT2D eigenvalue weighted by atomic mass is 32.2. The van der Waals surface area contributed by atoms with E-state index in [4.69, 9.17) is 14.2 Å². The van der Waals surface area contributed by atoms with E-state index in [1.54, 1.807) is 14.2 Å². The van der Waals surface area contributed by atoms with Gasteiger partial charge in [0.2, 0.25) is 0 Å². The van der Waals surface area contributed by atoms with Gasteiger partial charge >= 0.3 is 0 Å². The van der Waals surface area contributed by atoms with Crippen LogP contribution in [0.25, 0.3) is 0 Å². The lowest BCUT2D eigenvalue weighted by molar-refractivity contribution is 0.384. The molecule has 2 aliphatic heterocycles. The molecule has 0 N–H and O–H groups in total. The molecule has 2 aromatic carbocycles. The summed E-state index contributed by atoms with van der Waals surface area (Å²) >= 11 is 1.82. The SMILES string of the molecule is COc1ccc2c(c1)C(CC1CO1)c1cc(OC)ccc1S2. The molecule has 2 aliphatic rings. The van der Waals surface area contributed by atoms with E-state index in [0.29, 0.717) is 12.0 Å². The minimum Gasteiger partial charge on any atom is -0.497 e. The zero-order valence-corrected chi connectivity index (χ0v) is 13.5. The summed E-state index contributed by atoms with van der Waals surface area (Å²) in [6, 6.07) is 12.7. The third-order valence-corrected chi connectivity index (χ3v) is 5.49. The maximum atomic E-state index is 5.49. The number of methoxy groups -OCH3 is 2. The number of hydrogen-bond acceptors (Lipinski definition) is 4. The molecule has 1 atom stereocenters. The molecule has 0 radical (unpaired) electrons. The topological polar surface area (TPSA) is 31.0 Å². The first-order valence-electron chi connectivity index (χ1n) is 7.44. The van der Waals surface area contributed by atoms with Crippen LogP contribution in [0, 0.1) is 0 Å². The molecule has 0 bridgehead atoms. The predicted octanol–water partition coefficient (Wildman–Crippen LogP) is 4.09. The molecule has 4 rings (SSSR count). The van der Waals surface area contributed by atoms with Crippen molar-refractivity contribution in [3.05, 3.63) is 47.5 Å². The molecule has 0 amide bonds. The van der Waals surface area contributed by atoms with E-state index in [2.05, 4.69) is 24.3 Å². The Morgan fingerprint density at radius 2 is 1.55 bits per heavy atom. The summed E-state index contributed by atoms with van der Waals surface area (Å²) in [7, 11) is 3.43. The van der Waals surface area contributed by atoms with Gasteiger partial charge in [-0.25, -0.2) is 0 Å². The minimum absolute atomic E-state index is 0.337. The van der Waals surface area contributed by atoms with Gasteiger partial charge in [0.25, 0.3) is 0 Å². The van der Waals surface area contributed by atoms with Crippen LogP contribution < -0.4 is 9.47 Å². The first-order chi connectivity index (χ1) is 10.8. The van der Waals surface area contributed by atoms with Crippen molar-refractivity contribution >= 4 is 11.8 Å². The molecule has 0 spiro atoms. The van der Waals surface area contributed by atoms with Gasteiger partial charge in [-0.15, -0.1) is 0 Å². The van der Waals surface area contributed by atoms with E-state index in [1.807, 2.05) is 23.9 Å². The predicted molar refractivity (Wildman–Crippen MR) is 86.3 cm³/mol. The van der Waals surface area contributed by atoms with Gasteiger partial charge in [-0.3, -0.25) is 0 Å². The molecule has 2 aromatic rings. The largest absolute Gasteiger partial charge is 0.497 e. The van der Waals surface area contributed by atoms with E-state index in [0.717, 1.165) is 24.5 Å². The highest BCUT2D eigenvalue weighted by Crippen LogP contribution is 2.50. The van der Waals surface area contributed by atoms with E-state index in [1.165, 1.54) is 20.9 Å². The summed E-state index contributed by atoms with van der Waals surface area (Å²) in [5.41, 5.74) is 2.67. The number of benzene rings is 2. The van der Waals surface area contributed by atoms with Gasteiger partial charge < -0.3 is 14.2 Å². The van der Waals surface area contributed by atoms with Crippen molar-refractivity contribution in [1.82, 2.24) is 0 Å². The summed E-state index contributed by atoms with van der Waals surface area (Å²) in [5.74, 6) is 2.16. The van der Waals surface area contributed by atoms with Gasteiger partial charge in [-0.05, 0) is 53.9 Å². The first-order valence-corrected chi connectivity index (χ1v) is 8.25. The lowest BCUT2D eigenvalue weighted by Gasteiger charge is -2.28. The zero-order valence-electron chi connectivity index (χ0n) is 12.7. The number of ether oxygens (including phenoxy) is 3. The summed E-state index contributed by atoms with van der Waals surface area (Å²) in [5, 5.41) is 0. The second-order valence-electron chi connectivity index (χ2n) is 5.65. The van der Waals surface area contributed by atoms with Gasteiger partial charge in [-0.2, -0.15) is 0 Å². The molecule has 0 saturated carbocycles. The molecule has 1 unspecified atom stereocenters. The molecule has 0 aliphatic carbocycles. The molecule has 1 saturated heterocycles. The van der Waals surface area contributed by atoms with Crippen LogP contribution in [0.2, 0.25) is 0 Å². The van der Waals surface area contributed by atoms with Crippen LogP contribution in [0.3, 0.4) is 0 Å². The highest BCUT2D eigenvalue weighted by Gasteiger charge is 2.33. The standard InChI is InChI=1S/C18H18O3S/c1-19-11-3-5-17-15(7-11)14(9-13-10-21-13)16-8-12(20-2)4-6-18(16)22-17/h3-8,13-14H,9-10H2,1-2H3. The molecule has 0 aromatic heterocycles. The zero-order chi connectivity index (χ0) is 15.1. The highest BCUT2D eigenvalue weighted by molar-refractivity contribution is 7.99. The Hall–Kier alpha value is -1.65. The Kier molecular flexibility index (Phi) is 3.51. The lowest BCUT2D eigenvalue weighted by atomic mass is 9.86. The van der Waals surface area contributed by atoms with E-state index in [-0.39, 0.29) is 0 Å². The summed E-state index contributed by atoms with van der Waals surface area (Å²) in [4.78, 5) is 2.62. The van der Waals surface area contributed by atoms with Crippen LogP contribution in [0.5, 0.6) is 11.5 Å². The van der Waals surface area contributed by atoms with Crippen molar-refractivity contribution in [2.45, 2.75) is 28.2 Å². The fourth-order valence-electron chi connectivity index (χ4n) is 3.04. The molecule has 2 heterocycles. The maximum absolute atomic E-state index is 5.49. The lowest BCUT2D eigenvalue weighted by Crippen LogP contribution is -2.11. The monoisotopic (exact) mass is 314 g/mol. The van der Waals surface area contributed by atoms with Crippen molar-refractivity contribution in [3.63, 3.8) is 0 Å². The van der Waals surface area contributed by atoms with Crippen LogP contribution in [0.4, 0.5) is 0 Å². The number of hydrogen-bond donors (Lipinski definition) is 0. The quantitative estimate of drug-likeness (QED) is 0.795. The van der Waals surface area contributed by atoms with E-state index >= 15 is 0 Å². The average Bonchev–Trinajstić information content (AvgIpc) is 3.38. The number of fused-ring (bicyclic) bond motifs is 2. The van der Waals surface area contributed by atoms with Gasteiger partial charge in [0, 0.05) is 15.7 Å². The number of epoxide rings is 1. The van der Waals surface area contributed by atoms with Crippen molar-refractivity contribution in [3.8, 4) is 11.5 Å². The van der Waals surface area contributed by atoms with Crippen LogP contribution in [0.15, 0.2) is 46.2 Å². The van der Waals surface area contributed by atoms with Crippen molar-refractivity contribution in [2.24, 2.45) is 0 Å². The van der Waals surface area contributed by atoms with Crippen molar-refractivity contribution < 1.29 is 14.2 Å².